The number of para-hydroxylation sites is 2. The normalized spacial score (nSPS) is 15.6. The monoisotopic (exact) mass is 521 g/mol. The molecule has 0 spiro atoms. The van der Waals surface area contributed by atoms with E-state index >= 15 is 0 Å². The van der Waals surface area contributed by atoms with Crippen molar-refractivity contribution in [2.75, 3.05) is 37.9 Å². The van der Waals surface area contributed by atoms with Gasteiger partial charge in [0.05, 0.1) is 24.4 Å². The summed E-state index contributed by atoms with van der Waals surface area (Å²) >= 11 is 0. The lowest BCUT2D eigenvalue weighted by atomic mass is 9.83. The van der Waals surface area contributed by atoms with Crippen LogP contribution in [-0.4, -0.2) is 55.7 Å². The minimum atomic E-state index is -0.635. The van der Waals surface area contributed by atoms with Gasteiger partial charge in [-0.2, -0.15) is 0 Å². The molecule has 3 rings (SSSR count). The molecule has 1 unspecified atom stereocenters. The average Bonchev–Trinajstić information content (AvgIpc) is 2.87. The number of amides is 2. The van der Waals surface area contributed by atoms with Crippen LogP contribution in [0.25, 0.3) is 6.08 Å². The van der Waals surface area contributed by atoms with Crippen LogP contribution in [0.2, 0.25) is 0 Å². The van der Waals surface area contributed by atoms with Crippen molar-refractivity contribution in [1.29, 1.82) is 0 Å². The molecular weight excluding hydrogens is 482 g/mol. The van der Waals surface area contributed by atoms with Gasteiger partial charge in [-0.3, -0.25) is 14.9 Å². The summed E-state index contributed by atoms with van der Waals surface area (Å²) in [5, 5.41) is 5.46. The summed E-state index contributed by atoms with van der Waals surface area (Å²) in [5.41, 5.74) is 2.00. The van der Waals surface area contributed by atoms with E-state index in [9.17, 15) is 14.4 Å². The Labute approximate surface area is 225 Å². The predicted octanol–water partition coefficient (Wildman–Crippen LogP) is 5.67. The number of carbonyl (C=O) groups is 3. The Balaban J connectivity index is 1.62. The minimum absolute atomic E-state index is 0.217. The molecule has 0 bridgehead atoms. The second-order valence-electron chi connectivity index (χ2n) is 10.7. The first-order valence-corrected chi connectivity index (χ1v) is 13.0. The highest BCUT2D eigenvalue weighted by Crippen LogP contribution is 2.31. The molecule has 0 saturated carbocycles. The van der Waals surface area contributed by atoms with Gasteiger partial charge in [0.2, 0.25) is 5.91 Å². The first-order valence-electron chi connectivity index (χ1n) is 13.0. The number of nitrogens with one attached hydrogen (secondary N) is 2. The number of anilines is 2. The van der Waals surface area contributed by atoms with Crippen molar-refractivity contribution in [3.63, 3.8) is 0 Å². The molecule has 0 radical (unpaired) electrons. The van der Waals surface area contributed by atoms with Crippen LogP contribution in [0.3, 0.4) is 0 Å². The van der Waals surface area contributed by atoms with Gasteiger partial charge < -0.3 is 19.7 Å². The SMILES string of the molecule is COC(=O)C(CC1CCN(C)CC1)c1ccc(C=CC(=O)Nc2ccccc2NC(=O)OC(C)(C)C)cc1. The third kappa shape index (κ3) is 9.03. The maximum atomic E-state index is 12.6. The van der Waals surface area contributed by atoms with E-state index in [1.165, 1.54) is 13.2 Å². The highest BCUT2D eigenvalue weighted by Gasteiger charge is 2.27. The smallest absolute Gasteiger partial charge is 0.412 e. The zero-order valence-corrected chi connectivity index (χ0v) is 23.0. The molecule has 204 valence electrons. The molecule has 2 aromatic carbocycles. The van der Waals surface area contributed by atoms with Gasteiger partial charge in [0.1, 0.15) is 5.60 Å². The number of rotatable bonds is 8. The molecule has 1 aliphatic heterocycles. The molecule has 1 fully saturated rings. The maximum Gasteiger partial charge on any atom is 0.412 e. The molecule has 0 aromatic heterocycles. The molecule has 8 nitrogen and oxygen atoms in total. The molecule has 1 atom stereocenters. The number of ether oxygens (including phenoxy) is 2. The van der Waals surface area contributed by atoms with Crippen molar-refractivity contribution in [1.82, 2.24) is 4.90 Å². The Morgan fingerprint density at radius 3 is 2.18 bits per heavy atom. The number of likely N-dealkylation sites (tertiary alicyclic amines) is 1. The van der Waals surface area contributed by atoms with Gasteiger partial charge in [-0.05, 0) is 95.4 Å². The van der Waals surface area contributed by atoms with Gasteiger partial charge in [0, 0.05) is 6.08 Å². The number of esters is 1. The van der Waals surface area contributed by atoms with E-state index in [2.05, 4.69) is 22.6 Å². The second kappa shape index (κ2) is 13.2. The van der Waals surface area contributed by atoms with Gasteiger partial charge in [0.15, 0.2) is 0 Å². The van der Waals surface area contributed by atoms with Crippen LogP contribution in [0, 0.1) is 5.92 Å². The van der Waals surface area contributed by atoms with E-state index in [1.807, 2.05) is 24.3 Å². The van der Waals surface area contributed by atoms with E-state index in [4.69, 9.17) is 9.47 Å². The standard InChI is InChI=1S/C30H39N3O5/c1-30(2,3)38-29(36)32-26-9-7-6-8-25(26)31-27(34)15-12-21-10-13-23(14-11-21)24(28(35)37-5)20-22-16-18-33(4)19-17-22/h6-15,22,24H,16-20H2,1-5H3,(H,31,34)(H,32,36). The molecule has 2 aromatic rings. The fourth-order valence-corrected chi connectivity index (χ4v) is 4.44. The van der Waals surface area contributed by atoms with Crippen LogP contribution in [0.15, 0.2) is 54.6 Å². The predicted molar refractivity (Wildman–Crippen MR) is 150 cm³/mol. The summed E-state index contributed by atoms with van der Waals surface area (Å²) in [5.74, 6) is -0.373. The van der Waals surface area contributed by atoms with Crippen molar-refractivity contribution >= 4 is 35.4 Å². The van der Waals surface area contributed by atoms with E-state index in [-0.39, 0.29) is 17.8 Å². The zero-order chi connectivity index (χ0) is 27.7. The van der Waals surface area contributed by atoms with Crippen molar-refractivity contribution in [2.45, 2.75) is 51.6 Å². The van der Waals surface area contributed by atoms with Crippen LogP contribution < -0.4 is 10.6 Å². The summed E-state index contributed by atoms with van der Waals surface area (Å²) in [6.07, 6.45) is 5.46. The Kier molecular flexibility index (Phi) is 10.1. The molecule has 2 N–H and O–H groups in total. The van der Waals surface area contributed by atoms with Crippen LogP contribution in [0.5, 0.6) is 0 Å². The molecule has 1 saturated heterocycles. The summed E-state index contributed by atoms with van der Waals surface area (Å²) in [4.78, 5) is 39.6. The van der Waals surface area contributed by atoms with E-state index in [0.717, 1.165) is 43.5 Å². The number of methoxy groups -OCH3 is 1. The van der Waals surface area contributed by atoms with Gasteiger partial charge in [-0.15, -0.1) is 0 Å². The summed E-state index contributed by atoms with van der Waals surface area (Å²) in [6, 6.07) is 14.5. The highest BCUT2D eigenvalue weighted by atomic mass is 16.6. The molecule has 0 aliphatic carbocycles. The summed E-state index contributed by atoms with van der Waals surface area (Å²) < 4.78 is 10.4. The Morgan fingerprint density at radius 1 is 1.00 bits per heavy atom. The van der Waals surface area contributed by atoms with Crippen LogP contribution in [0.4, 0.5) is 16.2 Å². The maximum absolute atomic E-state index is 12.6. The number of nitrogens with zero attached hydrogens (tertiary/aromatic N) is 1. The first kappa shape index (κ1) is 28.9. The third-order valence-corrected chi connectivity index (χ3v) is 6.48. The van der Waals surface area contributed by atoms with Crippen molar-refractivity contribution in [3.05, 3.63) is 65.7 Å². The lowest BCUT2D eigenvalue weighted by Gasteiger charge is -2.30. The molecule has 2 amide bonds. The summed E-state index contributed by atoms with van der Waals surface area (Å²) in [7, 11) is 3.56. The number of benzene rings is 2. The van der Waals surface area contributed by atoms with Crippen LogP contribution >= 0.6 is 0 Å². The highest BCUT2D eigenvalue weighted by molar-refractivity contribution is 6.05. The van der Waals surface area contributed by atoms with Crippen molar-refractivity contribution in [3.8, 4) is 0 Å². The molecule has 1 heterocycles. The van der Waals surface area contributed by atoms with Gasteiger partial charge in [0.25, 0.3) is 0 Å². The molecule has 8 heteroatoms. The number of carbonyl (C=O) groups excluding carboxylic acids is 3. The van der Waals surface area contributed by atoms with Gasteiger partial charge in [-0.1, -0.05) is 36.4 Å². The lowest BCUT2D eigenvalue weighted by Crippen LogP contribution is -2.31. The molecular formula is C30H39N3O5. The van der Waals surface area contributed by atoms with Crippen molar-refractivity contribution in [2.24, 2.45) is 5.92 Å². The largest absolute Gasteiger partial charge is 0.469 e. The van der Waals surface area contributed by atoms with Crippen LogP contribution in [-0.2, 0) is 19.1 Å². The number of hydrogen-bond acceptors (Lipinski definition) is 6. The fraction of sp³-hybridized carbons (Fsp3) is 0.433. The Hall–Kier alpha value is -3.65. The zero-order valence-electron chi connectivity index (χ0n) is 23.0. The number of hydrogen-bond donors (Lipinski definition) is 2. The lowest BCUT2D eigenvalue weighted by molar-refractivity contribution is -0.143. The Morgan fingerprint density at radius 2 is 1.61 bits per heavy atom. The number of piperidine rings is 1. The van der Waals surface area contributed by atoms with Gasteiger partial charge in [-0.25, -0.2) is 4.79 Å². The van der Waals surface area contributed by atoms with Gasteiger partial charge >= 0.3 is 12.1 Å². The second-order valence-corrected chi connectivity index (χ2v) is 10.7. The average molecular weight is 522 g/mol. The van der Waals surface area contributed by atoms with Crippen molar-refractivity contribution < 1.29 is 23.9 Å². The topological polar surface area (TPSA) is 97.0 Å². The van der Waals surface area contributed by atoms with E-state index in [0.29, 0.717) is 17.3 Å². The Bertz CT molecular complexity index is 1130. The molecule has 1 aliphatic rings. The van der Waals surface area contributed by atoms with Crippen LogP contribution in [0.1, 0.15) is 57.1 Å². The van der Waals surface area contributed by atoms with E-state index < -0.39 is 11.7 Å². The third-order valence-electron chi connectivity index (χ3n) is 6.48. The summed E-state index contributed by atoms with van der Waals surface area (Å²) in [6.45, 7) is 7.44. The van der Waals surface area contributed by atoms with E-state index in [1.54, 1.807) is 51.1 Å². The minimum Gasteiger partial charge on any atom is -0.469 e. The fourth-order valence-electron chi connectivity index (χ4n) is 4.44. The molecule has 38 heavy (non-hydrogen) atoms. The quantitative estimate of drug-likeness (QED) is 0.343. The first-order chi connectivity index (χ1) is 18.0.